The summed E-state index contributed by atoms with van der Waals surface area (Å²) in [5.41, 5.74) is -0.693. The van der Waals surface area contributed by atoms with E-state index in [-0.39, 0.29) is 29.3 Å². The number of carbonyl (C=O) groups is 2. The number of aliphatic hydroxyl groups is 1. The van der Waals surface area contributed by atoms with Gasteiger partial charge in [0.2, 0.25) is 0 Å². The Hall–Kier alpha value is -0.900. The highest BCUT2D eigenvalue weighted by atomic mass is 16.5. The number of ether oxygens (including phenoxy) is 1. The van der Waals surface area contributed by atoms with Crippen LogP contribution in [0, 0.1) is 23.2 Å². The fourth-order valence-electron chi connectivity index (χ4n) is 5.35. The Morgan fingerprint density at radius 3 is 2.71 bits per heavy atom. The number of Topliss-reactive ketones (excluding diaryl/α,β-unsaturated/α-hetero) is 1. The lowest BCUT2D eigenvalue weighted by molar-refractivity contribution is -0.150. The molecular formula is C20H34O4. The molecule has 4 heteroatoms. The van der Waals surface area contributed by atoms with Crippen LogP contribution >= 0.6 is 0 Å². The van der Waals surface area contributed by atoms with Gasteiger partial charge in [-0.15, -0.1) is 0 Å². The number of esters is 1. The molecule has 0 radical (unpaired) electrons. The molecule has 2 saturated carbocycles. The van der Waals surface area contributed by atoms with Crippen molar-refractivity contribution in [2.75, 3.05) is 0 Å². The van der Waals surface area contributed by atoms with Gasteiger partial charge in [0.05, 0.1) is 5.60 Å². The molecule has 4 nitrogen and oxygen atoms in total. The molecule has 2 aliphatic carbocycles. The summed E-state index contributed by atoms with van der Waals surface area (Å²) in [7, 11) is 0. The molecule has 0 bridgehead atoms. The van der Waals surface area contributed by atoms with Crippen molar-refractivity contribution in [3.05, 3.63) is 0 Å². The second kappa shape index (κ2) is 7.15. The maximum atomic E-state index is 12.5. The summed E-state index contributed by atoms with van der Waals surface area (Å²) in [5, 5.41) is 9.93. The van der Waals surface area contributed by atoms with Gasteiger partial charge in [-0.05, 0) is 50.9 Å². The highest BCUT2D eigenvalue weighted by Gasteiger charge is 2.58. The Kier molecular flexibility index (Phi) is 5.79. The molecule has 0 saturated heterocycles. The smallest absolute Gasteiger partial charge is 0.302 e. The monoisotopic (exact) mass is 338 g/mol. The Bertz CT molecular complexity index is 479. The fourth-order valence-corrected chi connectivity index (χ4v) is 5.35. The summed E-state index contributed by atoms with van der Waals surface area (Å²) in [6.07, 6.45) is 5.92. The van der Waals surface area contributed by atoms with E-state index in [1.54, 1.807) is 0 Å². The minimum Gasteiger partial charge on any atom is -0.462 e. The van der Waals surface area contributed by atoms with Gasteiger partial charge in [-0.1, -0.05) is 26.7 Å². The first-order valence-corrected chi connectivity index (χ1v) is 9.47. The molecule has 0 heterocycles. The van der Waals surface area contributed by atoms with Crippen molar-refractivity contribution in [3.8, 4) is 0 Å². The van der Waals surface area contributed by atoms with Crippen molar-refractivity contribution in [3.63, 3.8) is 0 Å². The van der Waals surface area contributed by atoms with E-state index in [0.717, 1.165) is 32.1 Å². The van der Waals surface area contributed by atoms with Crippen LogP contribution in [0.3, 0.4) is 0 Å². The SMILES string of the molecule is CC(=O)O[C@@H]1C[C@H]2C(=O)CCC[C@]2(C)[C@H]1[C@@H](C)CCCC(C)(C)O. The standard InChI is InChI=1S/C20H34O4/c1-13(8-6-10-19(3,4)23)18-17(24-14(2)21)12-15-16(22)9-7-11-20(15,18)5/h13,15,17-18,23H,6-12H2,1-5H3/t13-,15-,17+,18-,20-/m0/s1. The number of ketones is 1. The molecule has 0 unspecified atom stereocenters. The molecule has 0 aliphatic heterocycles. The van der Waals surface area contributed by atoms with E-state index in [0.29, 0.717) is 24.5 Å². The Labute approximate surface area is 146 Å². The zero-order valence-electron chi connectivity index (χ0n) is 15.9. The molecule has 24 heavy (non-hydrogen) atoms. The third kappa shape index (κ3) is 4.19. The molecule has 0 aromatic heterocycles. The minimum absolute atomic E-state index is 0.0392. The van der Waals surface area contributed by atoms with Crippen molar-refractivity contribution >= 4 is 11.8 Å². The van der Waals surface area contributed by atoms with Crippen LogP contribution < -0.4 is 0 Å². The lowest BCUT2D eigenvalue weighted by Gasteiger charge is -2.43. The largest absolute Gasteiger partial charge is 0.462 e. The van der Waals surface area contributed by atoms with Gasteiger partial charge in [-0.3, -0.25) is 9.59 Å². The molecule has 5 atom stereocenters. The maximum absolute atomic E-state index is 12.5. The summed E-state index contributed by atoms with van der Waals surface area (Å²) >= 11 is 0. The van der Waals surface area contributed by atoms with Crippen LogP contribution in [-0.2, 0) is 14.3 Å². The van der Waals surface area contributed by atoms with Crippen LogP contribution in [0.5, 0.6) is 0 Å². The number of rotatable bonds is 6. The van der Waals surface area contributed by atoms with E-state index >= 15 is 0 Å². The van der Waals surface area contributed by atoms with E-state index in [9.17, 15) is 14.7 Å². The number of carbonyl (C=O) groups excluding carboxylic acids is 2. The molecule has 0 spiro atoms. The highest BCUT2D eigenvalue weighted by molar-refractivity contribution is 5.83. The zero-order chi connectivity index (χ0) is 18.1. The van der Waals surface area contributed by atoms with Gasteiger partial charge in [0.15, 0.2) is 0 Å². The fraction of sp³-hybridized carbons (Fsp3) is 0.900. The third-order valence-corrected chi connectivity index (χ3v) is 6.33. The Morgan fingerprint density at radius 1 is 1.46 bits per heavy atom. The van der Waals surface area contributed by atoms with Gasteiger partial charge in [0, 0.05) is 25.2 Å². The first kappa shape index (κ1) is 19.4. The zero-order valence-corrected chi connectivity index (χ0v) is 15.9. The average Bonchev–Trinajstić information content (AvgIpc) is 2.70. The van der Waals surface area contributed by atoms with Crippen LogP contribution in [0.15, 0.2) is 0 Å². The summed E-state index contributed by atoms with van der Waals surface area (Å²) < 4.78 is 5.66. The summed E-state index contributed by atoms with van der Waals surface area (Å²) in [4.78, 5) is 24.0. The highest BCUT2D eigenvalue weighted by Crippen LogP contribution is 2.58. The lowest BCUT2D eigenvalue weighted by Crippen LogP contribution is -2.41. The number of hydrogen-bond acceptors (Lipinski definition) is 4. The molecule has 2 rings (SSSR count). The van der Waals surface area contributed by atoms with Crippen LogP contribution in [0.2, 0.25) is 0 Å². The van der Waals surface area contributed by atoms with Crippen molar-refractivity contribution in [2.45, 2.75) is 91.3 Å². The number of fused-ring (bicyclic) bond motifs is 1. The minimum atomic E-state index is -0.641. The molecule has 2 aliphatic rings. The van der Waals surface area contributed by atoms with Crippen molar-refractivity contribution in [1.29, 1.82) is 0 Å². The van der Waals surface area contributed by atoms with Crippen molar-refractivity contribution in [1.82, 2.24) is 0 Å². The van der Waals surface area contributed by atoms with Crippen LogP contribution in [-0.4, -0.2) is 28.6 Å². The second-order valence-electron chi connectivity index (χ2n) is 8.97. The van der Waals surface area contributed by atoms with E-state index in [4.69, 9.17) is 4.74 Å². The van der Waals surface area contributed by atoms with Gasteiger partial charge >= 0.3 is 5.97 Å². The Balaban J connectivity index is 2.14. The molecule has 0 aromatic rings. The lowest BCUT2D eigenvalue weighted by atomic mass is 9.61. The van der Waals surface area contributed by atoms with Crippen molar-refractivity contribution in [2.24, 2.45) is 23.2 Å². The first-order valence-electron chi connectivity index (χ1n) is 9.47. The van der Waals surface area contributed by atoms with E-state index in [2.05, 4.69) is 13.8 Å². The molecule has 2 fully saturated rings. The van der Waals surface area contributed by atoms with E-state index in [1.165, 1.54) is 6.92 Å². The topological polar surface area (TPSA) is 63.6 Å². The summed E-state index contributed by atoms with van der Waals surface area (Å²) in [6, 6.07) is 0. The molecule has 0 aromatic carbocycles. The normalized spacial score (nSPS) is 34.8. The second-order valence-corrected chi connectivity index (χ2v) is 8.97. The maximum Gasteiger partial charge on any atom is 0.302 e. The Morgan fingerprint density at radius 2 is 2.12 bits per heavy atom. The number of hydrogen-bond donors (Lipinski definition) is 1. The van der Waals surface area contributed by atoms with Crippen LogP contribution in [0.1, 0.15) is 79.6 Å². The van der Waals surface area contributed by atoms with E-state index < -0.39 is 5.60 Å². The van der Waals surface area contributed by atoms with Gasteiger partial charge in [-0.25, -0.2) is 0 Å². The van der Waals surface area contributed by atoms with Gasteiger partial charge in [0.1, 0.15) is 11.9 Å². The average molecular weight is 338 g/mol. The molecule has 138 valence electrons. The van der Waals surface area contributed by atoms with Crippen LogP contribution in [0.4, 0.5) is 0 Å². The van der Waals surface area contributed by atoms with Gasteiger partial charge in [0.25, 0.3) is 0 Å². The third-order valence-electron chi connectivity index (χ3n) is 6.33. The first-order chi connectivity index (χ1) is 11.0. The molecule has 1 N–H and O–H groups in total. The van der Waals surface area contributed by atoms with Gasteiger partial charge < -0.3 is 9.84 Å². The van der Waals surface area contributed by atoms with Gasteiger partial charge in [-0.2, -0.15) is 0 Å². The summed E-state index contributed by atoms with van der Waals surface area (Å²) in [5.74, 6) is 0.753. The summed E-state index contributed by atoms with van der Waals surface area (Å²) in [6.45, 7) is 9.59. The van der Waals surface area contributed by atoms with Crippen LogP contribution in [0.25, 0.3) is 0 Å². The predicted octanol–water partition coefficient (Wildman–Crippen LogP) is 3.89. The van der Waals surface area contributed by atoms with Crippen molar-refractivity contribution < 1.29 is 19.4 Å². The predicted molar refractivity (Wildman–Crippen MR) is 93.4 cm³/mol. The van der Waals surface area contributed by atoms with E-state index in [1.807, 2.05) is 13.8 Å². The molecule has 0 amide bonds. The quantitative estimate of drug-likeness (QED) is 0.746. The molecular weight excluding hydrogens is 304 g/mol.